The second kappa shape index (κ2) is 9.54. The fourth-order valence-electron chi connectivity index (χ4n) is 3.21. The molecule has 0 N–H and O–H groups in total. The summed E-state index contributed by atoms with van der Waals surface area (Å²) < 4.78 is 26.1. The van der Waals surface area contributed by atoms with Crippen LogP contribution in [0, 0.1) is 6.92 Å². The zero-order valence-corrected chi connectivity index (χ0v) is 19.3. The number of sulfonamides is 1. The molecular weight excluding hydrogens is 432 g/mol. The molecule has 3 aromatic carbocycles. The first-order valence-corrected chi connectivity index (χ1v) is 12.0. The maximum atomic E-state index is 12.8. The van der Waals surface area contributed by atoms with Crippen molar-refractivity contribution in [1.29, 1.82) is 0 Å². The van der Waals surface area contributed by atoms with Crippen molar-refractivity contribution in [2.45, 2.75) is 20.0 Å². The van der Waals surface area contributed by atoms with Crippen molar-refractivity contribution < 1.29 is 13.2 Å². The summed E-state index contributed by atoms with van der Waals surface area (Å²) in [6, 6.07) is 21.7. The number of hydrogen-bond donors (Lipinski definition) is 0. The minimum Gasteiger partial charge on any atom is -0.337 e. The molecule has 0 aromatic heterocycles. The summed E-state index contributed by atoms with van der Waals surface area (Å²) in [6.45, 7) is 2.62. The van der Waals surface area contributed by atoms with Gasteiger partial charge in [0.2, 0.25) is 10.0 Å². The highest BCUT2D eigenvalue weighted by molar-refractivity contribution is 7.92. The highest BCUT2D eigenvalue weighted by Crippen LogP contribution is 2.25. The van der Waals surface area contributed by atoms with Gasteiger partial charge in [-0.1, -0.05) is 59.6 Å². The van der Waals surface area contributed by atoms with Gasteiger partial charge in [-0.3, -0.25) is 9.10 Å². The molecule has 3 aromatic rings. The number of carbonyl (C=O) groups excluding carboxylic acids is 1. The van der Waals surface area contributed by atoms with E-state index in [1.54, 1.807) is 54.4 Å². The van der Waals surface area contributed by atoms with Gasteiger partial charge < -0.3 is 4.90 Å². The van der Waals surface area contributed by atoms with E-state index in [0.29, 0.717) is 28.4 Å². The van der Waals surface area contributed by atoms with Gasteiger partial charge in [0.05, 0.1) is 18.5 Å². The first-order valence-electron chi connectivity index (χ1n) is 9.77. The summed E-state index contributed by atoms with van der Waals surface area (Å²) in [6.07, 6.45) is 1.15. The zero-order chi connectivity index (χ0) is 22.6. The average molecular weight is 457 g/mol. The molecule has 31 heavy (non-hydrogen) atoms. The number of carbonyl (C=O) groups is 1. The van der Waals surface area contributed by atoms with Crippen molar-refractivity contribution >= 4 is 33.2 Å². The van der Waals surface area contributed by atoms with Crippen LogP contribution in [0.1, 0.15) is 27.0 Å². The minimum atomic E-state index is -3.55. The topological polar surface area (TPSA) is 57.7 Å². The summed E-state index contributed by atoms with van der Waals surface area (Å²) in [7, 11) is -1.80. The van der Waals surface area contributed by atoms with Crippen LogP contribution in [0.4, 0.5) is 5.69 Å². The van der Waals surface area contributed by atoms with Crippen molar-refractivity contribution in [1.82, 2.24) is 4.90 Å². The molecular formula is C24H25ClN2O3S. The fraction of sp³-hybridized carbons (Fsp3) is 0.208. The van der Waals surface area contributed by atoms with Crippen molar-refractivity contribution in [3.63, 3.8) is 0 Å². The van der Waals surface area contributed by atoms with Gasteiger partial charge in [-0.25, -0.2) is 8.42 Å². The van der Waals surface area contributed by atoms with E-state index in [2.05, 4.69) is 0 Å². The Morgan fingerprint density at radius 3 is 2.10 bits per heavy atom. The van der Waals surface area contributed by atoms with Crippen molar-refractivity contribution in [2.24, 2.45) is 0 Å². The minimum absolute atomic E-state index is 0.110. The van der Waals surface area contributed by atoms with Gasteiger partial charge in [-0.2, -0.15) is 0 Å². The molecule has 0 aliphatic carbocycles. The summed E-state index contributed by atoms with van der Waals surface area (Å²) in [5, 5.41) is 0.501. The van der Waals surface area contributed by atoms with Crippen LogP contribution in [0.3, 0.4) is 0 Å². The number of rotatable bonds is 7. The lowest BCUT2D eigenvalue weighted by Crippen LogP contribution is -2.30. The van der Waals surface area contributed by atoms with Crippen LogP contribution >= 0.6 is 11.6 Å². The van der Waals surface area contributed by atoms with Crippen molar-refractivity contribution in [3.05, 3.63) is 100 Å². The number of amides is 1. The maximum Gasteiger partial charge on any atom is 0.253 e. The van der Waals surface area contributed by atoms with E-state index in [9.17, 15) is 13.2 Å². The highest BCUT2D eigenvalue weighted by atomic mass is 35.5. The molecule has 0 bridgehead atoms. The third-order valence-electron chi connectivity index (χ3n) is 4.96. The molecule has 0 saturated carbocycles. The highest BCUT2D eigenvalue weighted by Gasteiger charge is 2.20. The summed E-state index contributed by atoms with van der Waals surface area (Å²) in [5.74, 6) is -0.135. The van der Waals surface area contributed by atoms with Gasteiger partial charge in [0.25, 0.3) is 5.91 Å². The van der Waals surface area contributed by atoms with Crippen LogP contribution in [-0.4, -0.2) is 32.5 Å². The van der Waals surface area contributed by atoms with E-state index in [0.717, 1.165) is 11.8 Å². The molecule has 0 spiro atoms. The second-order valence-corrected chi connectivity index (χ2v) is 9.87. The SMILES string of the molecule is Cc1ccc(CN(C)C(=O)c2ccc(N(Cc3ccccc3Cl)S(C)(=O)=O)cc2)cc1. The van der Waals surface area contributed by atoms with Gasteiger partial charge in [0, 0.05) is 24.2 Å². The van der Waals surface area contributed by atoms with Crippen LogP contribution in [-0.2, 0) is 23.1 Å². The van der Waals surface area contributed by atoms with E-state index in [4.69, 9.17) is 11.6 Å². The lowest BCUT2D eigenvalue weighted by molar-refractivity contribution is 0.0785. The Labute approximate surface area is 188 Å². The second-order valence-electron chi connectivity index (χ2n) is 7.55. The summed E-state index contributed by atoms with van der Waals surface area (Å²) in [4.78, 5) is 14.4. The van der Waals surface area contributed by atoms with Gasteiger partial charge >= 0.3 is 0 Å². The molecule has 0 atom stereocenters. The number of benzene rings is 3. The molecule has 0 saturated heterocycles. The molecule has 0 heterocycles. The number of halogens is 1. The van der Waals surface area contributed by atoms with Crippen LogP contribution in [0.2, 0.25) is 5.02 Å². The van der Waals surface area contributed by atoms with Crippen molar-refractivity contribution in [2.75, 3.05) is 17.6 Å². The molecule has 0 unspecified atom stereocenters. The van der Waals surface area contributed by atoms with E-state index in [-0.39, 0.29) is 12.5 Å². The lowest BCUT2D eigenvalue weighted by Gasteiger charge is -2.23. The number of anilines is 1. The fourth-order valence-corrected chi connectivity index (χ4v) is 4.28. The molecule has 3 rings (SSSR count). The molecule has 0 radical (unpaired) electrons. The lowest BCUT2D eigenvalue weighted by atomic mass is 10.1. The summed E-state index contributed by atoms with van der Waals surface area (Å²) >= 11 is 6.21. The van der Waals surface area contributed by atoms with Gasteiger partial charge in [0.15, 0.2) is 0 Å². The van der Waals surface area contributed by atoms with E-state index < -0.39 is 10.0 Å². The molecule has 0 aliphatic rings. The third kappa shape index (κ3) is 5.87. The monoisotopic (exact) mass is 456 g/mol. The van der Waals surface area contributed by atoms with Crippen molar-refractivity contribution in [3.8, 4) is 0 Å². The smallest absolute Gasteiger partial charge is 0.253 e. The molecule has 162 valence electrons. The van der Waals surface area contributed by atoms with E-state index >= 15 is 0 Å². The van der Waals surface area contributed by atoms with Crippen LogP contribution in [0.5, 0.6) is 0 Å². The maximum absolute atomic E-state index is 12.8. The Morgan fingerprint density at radius 2 is 1.52 bits per heavy atom. The van der Waals surface area contributed by atoms with Gasteiger partial charge in [-0.15, -0.1) is 0 Å². The predicted octanol–water partition coefficient (Wildman–Crippen LogP) is 4.89. The third-order valence-corrected chi connectivity index (χ3v) is 6.47. The zero-order valence-electron chi connectivity index (χ0n) is 17.7. The quantitative estimate of drug-likeness (QED) is 0.508. The molecule has 5 nitrogen and oxygen atoms in total. The first kappa shape index (κ1) is 22.8. The largest absolute Gasteiger partial charge is 0.337 e. The predicted molar refractivity (Wildman–Crippen MR) is 126 cm³/mol. The Morgan fingerprint density at radius 1 is 0.903 bits per heavy atom. The summed E-state index contributed by atoms with van der Waals surface area (Å²) in [5.41, 5.74) is 3.87. The van der Waals surface area contributed by atoms with Crippen LogP contribution < -0.4 is 4.31 Å². The van der Waals surface area contributed by atoms with Gasteiger partial charge in [-0.05, 0) is 48.4 Å². The number of aryl methyl sites for hydroxylation is 1. The normalized spacial score (nSPS) is 11.2. The van der Waals surface area contributed by atoms with E-state index in [1.807, 2.05) is 37.3 Å². The molecule has 7 heteroatoms. The number of hydrogen-bond acceptors (Lipinski definition) is 3. The Bertz CT molecular complexity index is 1160. The van der Waals surface area contributed by atoms with Crippen LogP contribution in [0.15, 0.2) is 72.8 Å². The van der Waals surface area contributed by atoms with Gasteiger partial charge in [0.1, 0.15) is 0 Å². The first-order chi connectivity index (χ1) is 14.6. The standard InChI is InChI=1S/C24H25ClN2O3S/c1-18-8-10-19(11-9-18)16-26(2)24(28)20-12-14-22(15-13-20)27(31(3,29)30)17-21-6-4-5-7-23(21)25/h4-15H,16-17H2,1-3H3. The average Bonchev–Trinajstić information content (AvgIpc) is 2.73. The Hall–Kier alpha value is -2.83. The molecule has 0 aliphatic heterocycles. The Balaban J connectivity index is 1.78. The van der Waals surface area contributed by atoms with E-state index in [1.165, 1.54) is 9.87 Å². The molecule has 1 amide bonds. The molecule has 0 fully saturated rings. The van der Waals surface area contributed by atoms with Crippen LogP contribution in [0.25, 0.3) is 0 Å². The Kier molecular flexibility index (Phi) is 7.03. The number of nitrogens with zero attached hydrogens (tertiary/aromatic N) is 2.